The number of nitrogens with zero attached hydrogens (tertiary/aromatic N) is 1. The highest BCUT2D eigenvalue weighted by atomic mass is 16.4. The highest BCUT2D eigenvalue weighted by Gasteiger charge is 2.25. The molecule has 0 aliphatic rings. The van der Waals surface area contributed by atoms with Gasteiger partial charge in [0.05, 0.1) is 12.4 Å². The zero-order valence-corrected chi connectivity index (χ0v) is 22.2. The maximum absolute atomic E-state index is 12.3. The van der Waals surface area contributed by atoms with E-state index in [0.29, 0.717) is 25.8 Å². The fraction of sp³-hybridized carbons (Fsp3) is 0.652. The van der Waals surface area contributed by atoms with Gasteiger partial charge >= 0.3 is 23.9 Å². The first kappa shape index (κ1) is 35.5. The molecule has 212 valence electrons. The summed E-state index contributed by atoms with van der Waals surface area (Å²) in [6, 6.07) is -4.23. The van der Waals surface area contributed by atoms with Crippen molar-refractivity contribution >= 4 is 29.8 Å². The first-order valence-electron chi connectivity index (χ1n) is 12.3. The van der Waals surface area contributed by atoms with Gasteiger partial charge in [-0.1, -0.05) is 27.7 Å². The number of likely N-dealkylation sites (N-methyl/N-ethyl adjacent to an activating group) is 1. The summed E-state index contributed by atoms with van der Waals surface area (Å²) in [5.41, 5.74) is 0.797. The number of carbonyl (C=O) groups excluding carboxylic acids is 2. The molecular formula is C23H42N6O8. The number of aromatic nitrogens is 2. The van der Waals surface area contributed by atoms with Gasteiger partial charge in [-0.05, 0) is 32.7 Å². The van der Waals surface area contributed by atoms with Crippen LogP contribution in [0.4, 0.5) is 4.79 Å². The molecule has 1 aromatic heterocycles. The molecule has 0 saturated heterocycles. The SMILES string of the molecule is CC.CC.CNC(Cc1cnc[nH]1)C(=O)NCCCCC(NC(=O)NC(CCC(=O)O)C(=O)O)C(=O)O. The molecule has 0 fully saturated rings. The molecule has 1 rings (SSSR count). The Bertz CT molecular complexity index is 803. The second-order valence-corrected chi connectivity index (χ2v) is 7.24. The van der Waals surface area contributed by atoms with Crippen molar-refractivity contribution in [2.45, 2.75) is 84.3 Å². The van der Waals surface area contributed by atoms with E-state index in [9.17, 15) is 29.1 Å². The van der Waals surface area contributed by atoms with Gasteiger partial charge in [0.1, 0.15) is 12.1 Å². The van der Waals surface area contributed by atoms with Crippen LogP contribution in [0.25, 0.3) is 0 Å². The third-order valence-corrected chi connectivity index (χ3v) is 4.72. The molecule has 14 nitrogen and oxygen atoms in total. The van der Waals surface area contributed by atoms with Crippen LogP contribution in [0.5, 0.6) is 0 Å². The number of carbonyl (C=O) groups is 5. The fourth-order valence-corrected chi connectivity index (χ4v) is 2.89. The van der Waals surface area contributed by atoms with Crippen LogP contribution in [-0.2, 0) is 25.6 Å². The van der Waals surface area contributed by atoms with Crippen LogP contribution in [0.3, 0.4) is 0 Å². The van der Waals surface area contributed by atoms with Gasteiger partial charge < -0.3 is 41.6 Å². The van der Waals surface area contributed by atoms with Gasteiger partial charge in [0.15, 0.2) is 0 Å². The molecule has 0 aliphatic heterocycles. The number of carboxylic acids is 3. The third kappa shape index (κ3) is 16.6. The minimum atomic E-state index is -1.47. The Kier molecular flexibility index (Phi) is 20.7. The molecule has 0 spiro atoms. The third-order valence-electron chi connectivity index (χ3n) is 4.72. The molecule has 1 aromatic rings. The van der Waals surface area contributed by atoms with E-state index in [1.165, 1.54) is 6.33 Å². The van der Waals surface area contributed by atoms with Gasteiger partial charge in [-0.2, -0.15) is 0 Å². The molecule has 0 bridgehead atoms. The lowest BCUT2D eigenvalue weighted by Crippen LogP contribution is -2.51. The average molecular weight is 531 g/mol. The van der Waals surface area contributed by atoms with Crippen LogP contribution in [0.15, 0.2) is 12.5 Å². The Balaban J connectivity index is 0. The van der Waals surface area contributed by atoms with Crippen molar-refractivity contribution in [1.29, 1.82) is 0 Å². The average Bonchev–Trinajstić information content (AvgIpc) is 3.39. The smallest absolute Gasteiger partial charge is 0.326 e. The monoisotopic (exact) mass is 530 g/mol. The number of H-pyrrole nitrogens is 1. The maximum Gasteiger partial charge on any atom is 0.326 e. The minimum absolute atomic E-state index is 0.0507. The van der Waals surface area contributed by atoms with Crippen molar-refractivity contribution in [2.75, 3.05) is 13.6 Å². The normalized spacial score (nSPS) is 12.2. The van der Waals surface area contributed by atoms with E-state index in [4.69, 9.17) is 10.2 Å². The summed E-state index contributed by atoms with van der Waals surface area (Å²) in [5.74, 6) is -4.18. The van der Waals surface area contributed by atoms with Gasteiger partial charge in [-0.15, -0.1) is 0 Å². The van der Waals surface area contributed by atoms with Crippen LogP contribution in [0, 0.1) is 0 Å². The quantitative estimate of drug-likeness (QED) is 0.141. The zero-order valence-electron chi connectivity index (χ0n) is 22.2. The molecule has 0 radical (unpaired) electrons. The predicted octanol–water partition coefficient (Wildman–Crippen LogP) is 0.950. The predicted molar refractivity (Wildman–Crippen MR) is 136 cm³/mol. The molecule has 8 N–H and O–H groups in total. The zero-order chi connectivity index (χ0) is 28.8. The number of amides is 3. The van der Waals surface area contributed by atoms with Gasteiger partial charge in [0.25, 0.3) is 0 Å². The lowest BCUT2D eigenvalue weighted by atomic mass is 10.1. The highest BCUT2D eigenvalue weighted by Crippen LogP contribution is 2.04. The molecule has 37 heavy (non-hydrogen) atoms. The number of nitrogens with one attached hydrogen (secondary N) is 5. The van der Waals surface area contributed by atoms with Crippen molar-refractivity contribution in [3.05, 3.63) is 18.2 Å². The Morgan fingerprint density at radius 1 is 0.892 bits per heavy atom. The minimum Gasteiger partial charge on any atom is -0.481 e. The Morgan fingerprint density at radius 3 is 1.92 bits per heavy atom. The van der Waals surface area contributed by atoms with Crippen LogP contribution in [0.2, 0.25) is 0 Å². The number of aromatic amines is 1. The van der Waals surface area contributed by atoms with Crippen LogP contribution in [0.1, 0.15) is 65.5 Å². The molecule has 14 heteroatoms. The summed E-state index contributed by atoms with van der Waals surface area (Å²) in [7, 11) is 1.66. The number of imidazole rings is 1. The molecule has 0 aliphatic carbocycles. The molecule has 0 saturated carbocycles. The first-order chi connectivity index (χ1) is 17.6. The number of unbranched alkanes of at least 4 members (excludes halogenated alkanes) is 1. The van der Waals surface area contributed by atoms with Crippen molar-refractivity contribution in [3.63, 3.8) is 0 Å². The van der Waals surface area contributed by atoms with E-state index in [1.807, 2.05) is 27.7 Å². The number of carboxylic acid groups (broad SMARTS) is 3. The standard InChI is InChI=1S/C19H30N6O8.2C2H6/c1-20-14(8-11-9-21-10-23-11)16(28)22-7-3-2-4-12(17(29)30)24-19(33)25-13(18(31)32)5-6-15(26)27;2*1-2/h9-10,12-14,20H,2-8H2,1H3,(H,21,23)(H,22,28)(H,26,27)(H,29,30)(H,31,32)(H2,24,25,33);2*1-2H3. The number of urea groups is 1. The van der Waals surface area contributed by atoms with E-state index >= 15 is 0 Å². The van der Waals surface area contributed by atoms with Gasteiger partial charge in [0, 0.05) is 31.3 Å². The summed E-state index contributed by atoms with van der Waals surface area (Å²) in [6.45, 7) is 8.30. The summed E-state index contributed by atoms with van der Waals surface area (Å²) < 4.78 is 0. The first-order valence-corrected chi connectivity index (χ1v) is 12.3. The second kappa shape index (κ2) is 21.6. The van der Waals surface area contributed by atoms with Crippen molar-refractivity contribution in [2.24, 2.45) is 0 Å². The topological polar surface area (TPSA) is 223 Å². The van der Waals surface area contributed by atoms with Crippen molar-refractivity contribution in [1.82, 2.24) is 31.2 Å². The van der Waals surface area contributed by atoms with E-state index in [1.54, 1.807) is 13.2 Å². The Hall–Kier alpha value is -3.68. The molecule has 1 heterocycles. The van der Waals surface area contributed by atoms with Crippen LogP contribution >= 0.6 is 0 Å². The molecular weight excluding hydrogens is 488 g/mol. The molecule has 3 amide bonds. The lowest BCUT2D eigenvalue weighted by molar-refractivity contribution is -0.140. The van der Waals surface area contributed by atoms with E-state index in [-0.39, 0.29) is 18.7 Å². The maximum atomic E-state index is 12.3. The number of hydrogen-bond acceptors (Lipinski definition) is 7. The highest BCUT2D eigenvalue weighted by molar-refractivity contribution is 5.86. The number of rotatable bonds is 16. The lowest BCUT2D eigenvalue weighted by Gasteiger charge is -2.18. The van der Waals surface area contributed by atoms with Crippen molar-refractivity contribution in [3.8, 4) is 0 Å². The van der Waals surface area contributed by atoms with Gasteiger partial charge in [-0.25, -0.2) is 19.4 Å². The van der Waals surface area contributed by atoms with Gasteiger partial charge in [-0.3, -0.25) is 9.59 Å². The summed E-state index contributed by atoms with van der Waals surface area (Å²) in [5, 5.41) is 36.9. The summed E-state index contributed by atoms with van der Waals surface area (Å²) >= 11 is 0. The molecule has 0 aromatic carbocycles. The summed E-state index contributed by atoms with van der Waals surface area (Å²) in [4.78, 5) is 64.1. The van der Waals surface area contributed by atoms with E-state index < -0.39 is 48.5 Å². The Labute approximate surface area is 217 Å². The molecule has 3 atom stereocenters. The molecule has 3 unspecified atom stereocenters. The van der Waals surface area contributed by atoms with Crippen molar-refractivity contribution < 1.29 is 39.3 Å². The second-order valence-electron chi connectivity index (χ2n) is 7.24. The fourth-order valence-electron chi connectivity index (χ4n) is 2.89. The number of hydrogen-bond donors (Lipinski definition) is 8. The van der Waals surface area contributed by atoms with Gasteiger partial charge in [0.2, 0.25) is 5.91 Å². The van der Waals surface area contributed by atoms with E-state index in [2.05, 4.69) is 31.2 Å². The van der Waals surface area contributed by atoms with Crippen LogP contribution < -0.4 is 21.3 Å². The number of aliphatic carboxylic acids is 3. The van der Waals surface area contributed by atoms with E-state index in [0.717, 1.165) is 5.69 Å². The van der Waals surface area contributed by atoms with Crippen LogP contribution in [-0.4, -0.2) is 86.9 Å². The Morgan fingerprint density at radius 2 is 1.46 bits per heavy atom. The largest absolute Gasteiger partial charge is 0.481 e. The summed E-state index contributed by atoms with van der Waals surface area (Å²) in [6.07, 6.45) is 3.62.